The molecule has 0 fully saturated rings. The van der Waals surface area contributed by atoms with Crippen molar-refractivity contribution < 1.29 is 23.8 Å². The summed E-state index contributed by atoms with van der Waals surface area (Å²) in [5.74, 6) is 0.718. The lowest BCUT2D eigenvalue weighted by molar-refractivity contribution is -0.143. The Morgan fingerprint density at radius 1 is 1.12 bits per heavy atom. The molecule has 33 heavy (non-hydrogen) atoms. The molecule has 2 heterocycles. The first-order valence-electron chi connectivity index (χ1n) is 10.4. The number of esters is 1. The minimum absolute atomic E-state index is 0.104. The summed E-state index contributed by atoms with van der Waals surface area (Å²) in [6.07, 6.45) is 2.20. The number of carbonyl (C=O) groups is 2. The molecule has 0 aliphatic carbocycles. The predicted molar refractivity (Wildman–Crippen MR) is 118 cm³/mol. The number of benzene rings is 2. The van der Waals surface area contributed by atoms with Gasteiger partial charge in [-0.25, -0.2) is 4.79 Å². The summed E-state index contributed by atoms with van der Waals surface area (Å²) in [6.45, 7) is 2.68. The van der Waals surface area contributed by atoms with E-state index in [0.29, 0.717) is 37.8 Å². The number of nitrogens with zero attached hydrogens (tertiary/aromatic N) is 4. The zero-order valence-corrected chi connectivity index (χ0v) is 18.1. The van der Waals surface area contributed by atoms with Gasteiger partial charge < -0.3 is 19.5 Å². The highest BCUT2D eigenvalue weighted by atomic mass is 16.6. The van der Waals surface area contributed by atoms with Crippen LogP contribution in [0, 0.1) is 6.92 Å². The summed E-state index contributed by atoms with van der Waals surface area (Å²) in [7, 11) is 0. The second-order valence-electron chi connectivity index (χ2n) is 7.23. The maximum Gasteiger partial charge on any atom is 0.357 e. The second-order valence-corrected chi connectivity index (χ2v) is 7.23. The molecule has 4 rings (SSSR count). The van der Waals surface area contributed by atoms with Crippen LogP contribution in [0.15, 0.2) is 48.5 Å². The van der Waals surface area contributed by atoms with Crippen molar-refractivity contribution in [2.75, 3.05) is 26.4 Å². The molecule has 10 nitrogen and oxygen atoms in total. The van der Waals surface area contributed by atoms with Crippen LogP contribution in [-0.4, -0.2) is 58.4 Å². The number of nitrogens with one attached hydrogen (secondary N) is 1. The Morgan fingerprint density at radius 2 is 1.91 bits per heavy atom. The van der Waals surface area contributed by atoms with Crippen molar-refractivity contribution in [3.8, 4) is 11.5 Å². The third-order valence-corrected chi connectivity index (χ3v) is 4.84. The summed E-state index contributed by atoms with van der Waals surface area (Å²) in [4.78, 5) is 24.9. The molecule has 170 valence electrons. The van der Waals surface area contributed by atoms with Gasteiger partial charge in [0, 0.05) is 6.54 Å². The Kier molecular flexibility index (Phi) is 6.93. The van der Waals surface area contributed by atoms with Gasteiger partial charge in [0.1, 0.15) is 13.2 Å². The van der Waals surface area contributed by atoms with Crippen molar-refractivity contribution in [1.82, 2.24) is 25.5 Å². The highest BCUT2D eigenvalue weighted by molar-refractivity contribution is 6.15. The summed E-state index contributed by atoms with van der Waals surface area (Å²) in [5, 5.41) is 14.0. The largest absolute Gasteiger partial charge is 0.486 e. The van der Waals surface area contributed by atoms with E-state index in [1.807, 2.05) is 48.5 Å². The van der Waals surface area contributed by atoms with Crippen molar-refractivity contribution in [2.45, 2.75) is 13.3 Å². The maximum absolute atomic E-state index is 12.7. The van der Waals surface area contributed by atoms with Crippen LogP contribution in [0.3, 0.4) is 0 Å². The minimum Gasteiger partial charge on any atom is -0.486 e. The van der Waals surface area contributed by atoms with Crippen LogP contribution in [0.2, 0.25) is 0 Å². The van der Waals surface area contributed by atoms with Crippen molar-refractivity contribution in [1.29, 1.82) is 0 Å². The third kappa shape index (κ3) is 5.73. The normalized spacial score (nSPS) is 12.8. The van der Waals surface area contributed by atoms with E-state index in [0.717, 1.165) is 16.9 Å². The van der Waals surface area contributed by atoms with Crippen LogP contribution in [0.4, 0.5) is 0 Å². The molecule has 0 bridgehead atoms. The van der Waals surface area contributed by atoms with E-state index in [2.05, 4.69) is 20.8 Å². The smallest absolute Gasteiger partial charge is 0.357 e. The van der Waals surface area contributed by atoms with E-state index < -0.39 is 18.5 Å². The monoisotopic (exact) mass is 449 g/mol. The number of amides is 1. The van der Waals surface area contributed by atoms with Crippen molar-refractivity contribution in [3.05, 3.63) is 65.5 Å². The van der Waals surface area contributed by atoms with Crippen LogP contribution < -0.4 is 14.8 Å². The van der Waals surface area contributed by atoms with Gasteiger partial charge >= 0.3 is 5.97 Å². The van der Waals surface area contributed by atoms with Crippen molar-refractivity contribution >= 4 is 23.6 Å². The Morgan fingerprint density at radius 3 is 2.67 bits per heavy atom. The molecule has 1 amide bonds. The van der Waals surface area contributed by atoms with Gasteiger partial charge in [-0.1, -0.05) is 36.4 Å². The van der Waals surface area contributed by atoms with Crippen molar-refractivity contribution in [3.63, 3.8) is 0 Å². The van der Waals surface area contributed by atoms with Gasteiger partial charge in [0.15, 0.2) is 29.6 Å². The highest BCUT2D eigenvalue weighted by Gasteiger charge is 2.19. The van der Waals surface area contributed by atoms with Gasteiger partial charge in [0.2, 0.25) is 0 Å². The maximum atomic E-state index is 12.7. The SMILES string of the molecule is Cc1nnnn1/C(=C\c1ccccc1)C(=O)OCC(=O)NCCc1ccc2c(c1)OCCO2. The van der Waals surface area contributed by atoms with Gasteiger partial charge in [0.25, 0.3) is 5.91 Å². The Balaban J connectivity index is 1.31. The van der Waals surface area contributed by atoms with Crippen LogP contribution in [-0.2, 0) is 20.7 Å². The van der Waals surface area contributed by atoms with Gasteiger partial charge in [-0.15, -0.1) is 5.10 Å². The molecule has 1 N–H and O–H groups in total. The quantitative estimate of drug-likeness (QED) is 0.408. The standard InChI is InChI=1S/C23H23N5O5/c1-16-25-26-27-28(16)19(13-17-5-3-2-4-6-17)23(30)33-15-22(29)24-10-9-18-7-8-20-21(14-18)32-12-11-31-20/h2-8,13-14H,9-12,15H2,1H3,(H,24,29)/b19-13-. The lowest BCUT2D eigenvalue weighted by Crippen LogP contribution is -2.31. The number of rotatable bonds is 8. The fourth-order valence-electron chi connectivity index (χ4n) is 3.21. The summed E-state index contributed by atoms with van der Waals surface area (Å²) < 4.78 is 17.6. The van der Waals surface area contributed by atoms with Gasteiger partial charge in [0.05, 0.1) is 0 Å². The predicted octanol–water partition coefficient (Wildman–Crippen LogP) is 1.65. The molecule has 3 aromatic rings. The Hall–Kier alpha value is -4.21. The summed E-state index contributed by atoms with van der Waals surface area (Å²) in [6, 6.07) is 14.9. The molecular formula is C23H23N5O5. The Labute approximate surface area is 190 Å². The van der Waals surface area contributed by atoms with E-state index in [1.165, 1.54) is 4.68 Å². The minimum atomic E-state index is -0.712. The molecule has 1 aliphatic rings. The molecule has 0 saturated carbocycles. The van der Waals surface area contributed by atoms with E-state index in [4.69, 9.17) is 14.2 Å². The Bertz CT molecular complexity index is 1160. The van der Waals surface area contributed by atoms with E-state index in [1.54, 1.807) is 13.0 Å². The van der Waals surface area contributed by atoms with E-state index >= 15 is 0 Å². The fraction of sp³-hybridized carbons (Fsp3) is 0.261. The molecular weight excluding hydrogens is 426 g/mol. The third-order valence-electron chi connectivity index (χ3n) is 4.84. The lowest BCUT2D eigenvalue weighted by Gasteiger charge is -2.18. The molecule has 0 spiro atoms. The van der Waals surface area contributed by atoms with Crippen molar-refractivity contribution in [2.24, 2.45) is 0 Å². The topological polar surface area (TPSA) is 117 Å². The fourth-order valence-corrected chi connectivity index (χ4v) is 3.21. The van der Waals surface area contributed by atoms with E-state index in [-0.39, 0.29) is 5.70 Å². The number of hydrogen-bond donors (Lipinski definition) is 1. The summed E-state index contributed by atoms with van der Waals surface area (Å²) >= 11 is 0. The molecule has 0 atom stereocenters. The average molecular weight is 449 g/mol. The van der Waals surface area contributed by atoms with Gasteiger partial charge in [-0.2, -0.15) is 4.68 Å². The molecule has 0 radical (unpaired) electrons. The summed E-state index contributed by atoms with van der Waals surface area (Å²) in [5.41, 5.74) is 1.87. The number of ether oxygens (including phenoxy) is 3. The highest BCUT2D eigenvalue weighted by Crippen LogP contribution is 2.30. The molecule has 1 aliphatic heterocycles. The number of fused-ring (bicyclic) bond motifs is 1. The lowest BCUT2D eigenvalue weighted by atomic mass is 10.1. The van der Waals surface area contributed by atoms with Gasteiger partial charge in [-0.05, 0) is 53.1 Å². The van der Waals surface area contributed by atoms with Crippen LogP contribution in [0.1, 0.15) is 17.0 Å². The zero-order chi connectivity index (χ0) is 23.0. The van der Waals surface area contributed by atoms with Crippen LogP contribution >= 0.6 is 0 Å². The van der Waals surface area contributed by atoms with Gasteiger partial charge in [-0.3, -0.25) is 4.79 Å². The van der Waals surface area contributed by atoms with Crippen LogP contribution in [0.5, 0.6) is 11.5 Å². The molecule has 1 aromatic heterocycles. The second kappa shape index (κ2) is 10.4. The molecule has 0 unspecified atom stereocenters. The molecule has 2 aromatic carbocycles. The first kappa shape index (κ1) is 22.0. The first-order chi connectivity index (χ1) is 16.1. The average Bonchev–Trinajstić information content (AvgIpc) is 3.27. The number of tetrazole rings is 1. The number of aryl methyl sites for hydroxylation is 1. The number of carbonyl (C=O) groups excluding carboxylic acids is 2. The first-order valence-corrected chi connectivity index (χ1v) is 10.4. The number of hydrogen-bond acceptors (Lipinski definition) is 8. The molecule has 10 heteroatoms. The zero-order valence-electron chi connectivity index (χ0n) is 18.1. The van der Waals surface area contributed by atoms with Crippen LogP contribution in [0.25, 0.3) is 11.8 Å². The van der Waals surface area contributed by atoms with E-state index in [9.17, 15) is 9.59 Å². The molecule has 0 saturated heterocycles. The number of aromatic nitrogens is 4.